The Labute approximate surface area is 90.4 Å². The summed E-state index contributed by atoms with van der Waals surface area (Å²) < 4.78 is 29.4. The number of ether oxygens (including phenoxy) is 1. The maximum Gasteiger partial charge on any atom is 0.261 e. The lowest BCUT2D eigenvalue weighted by Gasteiger charge is -2.40. The standard InChI is InChI=1S/C11H21F2NO/c1-11(2)5-4-8(14-3)9(6-11)15-7-10(12)13/h8-10,14H,4-7H2,1-3H3. The molecule has 0 aliphatic heterocycles. The second-order valence-electron chi connectivity index (χ2n) is 5.07. The largest absolute Gasteiger partial charge is 0.371 e. The number of rotatable bonds is 4. The topological polar surface area (TPSA) is 21.3 Å². The van der Waals surface area contributed by atoms with Crippen LogP contribution in [0.3, 0.4) is 0 Å². The molecule has 0 radical (unpaired) electrons. The van der Waals surface area contributed by atoms with Gasteiger partial charge in [-0.1, -0.05) is 13.8 Å². The molecule has 0 saturated heterocycles. The molecule has 1 aliphatic rings. The quantitative estimate of drug-likeness (QED) is 0.787. The van der Waals surface area contributed by atoms with Crippen LogP contribution in [-0.2, 0) is 4.74 Å². The first-order chi connectivity index (χ1) is 6.94. The van der Waals surface area contributed by atoms with Crippen LogP contribution in [0.15, 0.2) is 0 Å². The molecule has 1 aliphatic carbocycles. The molecule has 90 valence electrons. The number of nitrogens with one attached hydrogen (secondary N) is 1. The van der Waals surface area contributed by atoms with Gasteiger partial charge >= 0.3 is 0 Å². The summed E-state index contributed by atoms with van der Waals surface area (Å²) in [5.74, 6) is 0. The molecular weight excluding hydrogens is 200 g/mol. The van der Waals surface area contributed by atoms with E-state index in [-0.39, 0.29) is 17.6 Å². The molecule has 0 amide bonds. The number of halogens is 2. The Bertz CT molecular complexity index is 197. The molecule has 0 bridgehead atoms. The first-order valence-electron chi connectivity index (χ1n) is 5.51. The van der Waals surface area contributed by atoms with Crippen molar-refractivity contribution in [2.75, 3.05) is 13.7 Å². The van der Waals surface area contributed by atoms with Crippen molar-refractivity contribution in [3.63, 3.8) is 0 Å². The Morgan fingerprint density at radius 1 is 1.47 bits per heavy atom. The highest BCUT2D eigenvalue weighted by atomic mass is 19.3. The summed E-state index contributed by atoms with van der Waals surface area (Å²) in [5, 5.41) is 3.15. The Kier molecular flexibility index (Phi) is 4.46. The average Bonchev–Trinajstić information content (AvgIpc) is 2.13. The van der Waals surface area contributed by atoms with E-state index < -0.39 is 13.0 Å². The molecule has 0 aromatic carbocycles. The van der Waals surface area contributed by atoms with Crippen molar-refractivity contribution >= 4 is 0 Å². The molecule has 2 nitrogen and oxygen atoms in total. The molecule has 1 N–H and O–H groups in total. The van der Waals surface area contributed by atoms with Gasteiger partial charge < -0.3 is 10.1 Å². The molecular formula is C11H21F2NO. The van der Waals surface area contributed by atoms with Crippen molar-refractivity contribution < 1.29 is 13.5 Å². The predicted molar refractivity (Wildman–Crippen MR) is 56.2 cm³/mol. The SMILES string of the molecule is CNC1CCC(C)(C)CC1OCC(F)F. The Morgan fingerprint density at radius 2 is 2.13 bits per heavy atom. The first kappa shape index (κ1) is 12.8. The predicted octanol–water partition coefficient (Wildman–Crippen LogP) is 2.43. The van der Waals surface area contributed by atoms with Gasteiger partial charge in [-0.2, -0.15) is 0 Å². The van der Waals surface area contributed by atoms with Gasteiger partial charge in [0.2, 0.25) is 0 Å². The smallest absolute Gasteiger partial charge is 0.261 e. The average molecular weight is 221 g/mol. The highest BCUT2D eigenvalue weighted by Crippen LogP contribution is 2.36. The van der Waals surface area contributed by atoms with Crippen molar-refractivity contribution in [3.8, 4) is 0 Å². The minimum absolute atomic E-state index is 0.0762. The fourth-order valence-corrected chi connectivity index (χ4v) is 2.22. The van der Waals surface area contributed by atoms with Gasteiger partial charge in [0.25, 0.3) is 6.43 Å². The normalized spacial score (nSPS) is 30.8. The van der Waals surface area contributed by atoms with E-state index in [0.29, 0.717) is 0 Å². The van der Waals surface area contributed by atoms with E-state index in [0.717, 1.165) is 19.3 Å². The lowest BCUT2D eigenvalue weighted by atomic mass is 9.74. The number of likely N-dealkylation sites (N-methyl/N-ethyl adjacent to an activating group) is 1. The molecule has 1 fully saturated rings. The molecule has 0 aromatic rings. The summed E-state index contributed by atoms with van der Waals surface area (Å²) >= 11 is 0. The molecule has 2 atom stereocenters. The van der Waals surface area contributed by atoms with Gasteiger partial charge in [-0.15, -0.1) is 0 Å². The molecule has 0 aromatic heterocycles. The van der Waals surface area contributed by atoms with Crippen LogP contribution in [-0.4, -0.2) is 32.2 Å². The van der Waals surface area contributed by atoms with E-state index in [9.17, 15) is 8.78 Å². The zero-order chi connectivity index (χ0) is 11.5. The fourth-order valence-electron chi connectivity index (χ4n) is 2.22. The molecule has 4 heteroatoms. The summed E-state index contributed by atoms with van der Waals surface area (Å²) in [6.45, 7) is 3.88. The van der Waals surface area contributed by atoms with Crippen LogP contribution in [0.1, 0.15) is 33.1 Å². The number of hydrogen-bond acceptors (Lipinski definition) is 2. The summed E-state index contributed by atoms with van der Waals surface area (Å²) in [6.07, 6.45) is 0.524. The van der Waals surface area contributed by atoms with Crippen LogP contribution in [0, 0.1) is 5.41 Å². The van der Waals surface area contributed by atoms with Crippen LogP contribution in [0.25, 0.3) is 0 Å². The third kappa shape index (κ3) is 4.03. The number of hydrogen-bond donors (Lipinski definition) is 1. The van der Waals surface area contributed by atoms with Crippen molar-refractivity contribution in [3.05, 3.63) is 0 Å². The second-order valence-corrected chi connectivity index (χ2v) is 5.07. The summed E-state index contributed by atoms with van der Waals surface area (Å²) in [4.78, 5) is 0. The van der Waals surface area contributed by atoms with Gasteiger partial charge in [-0.25, -0.2) is 8.78 Å². The highest BCUT2D eigenvalue weighted by Gasteiger charge is 2.35. The molecule has 15 heavy (non-hydrogen) atoms. The lowest BCUT2D eigenvalue weighted by molar-refractivity contribution is -0.0680. The van der Waals surface area contributed by atoms with E-state index in [1.807, 2.05) is 7.05 Å². The molecule has 0 spiro atoms. The van der Waals surface area contributed by atoms with Crippen molar-refractivity contribution in [1.82, 2.24) is 5.32 Å². The van der Waals surface area contributed by atoms with Gasteiger partial charge in [0, 0.05) is 6.04 Å². The maximum atomic E-state index is 12.1. The van der Waals surface area contributed by atoms with Crippen LogP contribution in [0.2, 0.25) is 0 Å². The lowest BCUT2D eigenvalue weighted by Crippen LogP contribution is -2.46. The third-order valence-electron chi connectivity index (χ3n) is 3.14. The summed E-state index contributed by atoms with van der Waals surface area (Å²) in [5.41, 5.74) is 0.208. The monoisotopic (exact) mass is 221 g/mol. The van der Waals surface area contributed by atoms with Gasteiger partial charge in [0.15, 0.2) is 0 Å². The van der Waals surface area contributed by atoms with Gasteiger partial charge in [-0.05, 0) is 31.7 Å². The maximum absolute atomic E-state index is 12.1. The van der Waals surface area contributed by atoms with Gasteiger partial charge in [0.1, 0.15) is 6.61 Å². The fraction of sp³-hybridized carbons (Fsp3) is 1.00. The molecule has 2 unspecified atom stereocenters. The van der Waals surface area contributed by atoms with Crippen LogP contribution < -0.4 is 5.32 Å². The molecule has 1 rings (SSSR count). The van der Waals surface area contributed by atoms with Crippen molar-refractivity contribution in [1.29, 1.82) is 0 Å². The van der Waals surface area contributed by atoms with Crippen LogP contribution in [0.4, 0.5) is 8.78 Å². The van der Waals surface area contributed by atoms with E-state index >= 15 is 0 Å². The van der Waals surface area contributed by atoms with Crippen molar-refractivity contribution in [2.45, 2.75) is 51.7 Å². The Balaban J connectivity index is 2.48. The Hall–Kier alpha value is -0.220. The molecule has 1 saturated carbocycles. The minimum Gasteiger partial charge on any atom is -0.371 e. The van der Waals surface area contributed by atoms with Crippen LogP contribution >= 0.6 is 0 Å². The zero-order valence-electron chi connectivity index (χ0n) is 9.72. The van der Waals surface area contributed by atoms with Gasteiger partial charge in [-0.3, -0.25) is 0 Å². The summed E-state index contributed by atoms with van der Waals surface area (Å²) in [7, 11) is 1.86. The zero-order valence-corrected chi connectivity index (χ0v) is 9.72. The third-order valence-corrected chi connectivity index (χ3v) is 3.14. The van der Waals surface area contributed by atoms with E-state index in [1.165, 1.54) is 0 Å². The van der Waals surface area contributed by atoms with Crippen molar-refractivity contribution in [2.24, 2.45) is 5.41 Å². The van der Waals surface area contributed by atoms with Crippen LogP contribution in [0.5, 0.6) is 0 Å². The molecule has 0 heterocycles. The highest BCUT2D eigenvalue weighted by molar-refractivity contribution is 4.89. The van der Waals surface area contributed by atoms with E-state index in [4.69, 9.17) is 4.74 Å². The summed E-state index contributed by atoms with van der Waals surface area (Å²) in [6, 6.07) is 0.219. The van der Waals surface area contributed by atoms with E-state index in [1.54, 1.807) is 0 Å². The van der Waals surface area contributed by atoms with Gasteiger partial charge in [0.05, 0.1) is 6.10 Å². The Morgan fingerprint density at radius 3 is 2.67 bits per heavy atom. The number of alkyl halides is 2. The van der Waals surface area contributed by atoms with E-state index in [2.05, 4.69) is 19.2 Å². The first-order valence-corrected chi connectivity index (χ1v) is 5.51. The second kappa shape index (κ2) is 5.21. The minimum atomic E-state index is -2.37.